The van der Waals surface area contributed by atoms with Gasteiger partial charge >= 0.3 is 0 Å². The Morgan fingerprint density at radius 3 is 2.61 bits per heavy atom. The Bertz CT molecular complexity index is 1280. The second kappa shape index (κ2) is 11.3. The quantitative estimate of drug-likeness (QED) is 0.265. The fourth-order valence-electron chi connectivity index (χ4n) is 5.35. The van der Waals surface area contributed by atoms with Gasteiger partial charge in [-0.1, -0.05) is 66.7 Å². The van der Waals surface area contributed by atoms with Crippen molar-refractivity contribution in [1.29, 1.82) is 0 Å². The summed E-state index contributed by atoms with van der Waals surface area (Å²) in [6, 6.07) is 15.2. The summed E-state index contributed by atoms with van der Waals surface area (Å²) >= 11 is 0. The maximum Gasteiger partial charge on any atom is 0.123 e. The van der Waals surface area contributed by atoms with Gasteiger partial charge in [0.25, 0.3) is 0 Å². The van der Waals surface area contributed by atoms with Gasteiger partial charge in [0.15, 0.2) is 0 Å². The van der Waals surface area contributed by atoms with E-state index in [0.29, 0.717) is 6.54 Å². The van der Waals surface area contributed by atoms with E-state index < -0.39 is 9.39 Å². The summed E-state index contributed by atoms with van der Waals surface area (Å²) in [6.07, 6.45) is 9.41. The summed E-state index contributed by atoms with van der Waals surface area (Å²) in [4.78, 5) is 7.72. The molecule has 2 aliphatic carbocycles. The van der Waals surface area contributed by atoms with Crippen molar-refractivity contribution in [3.8, 4) is 0 Å². The molecule has 0 spiro atoms. The van der Waals surface area contributed by atoms with Gasteiger partial charge in [-0.25, -0.2) is 4.39 Å². The molecule has 2 aliphatic rings. The molecule has 0 heterocycles. The zero-order chi connectivity index (χ0) is 25.8. The van der Waals surface area contributed by atoms with Crippen LogP contribution in [-0.4, -0.2) is 23.9 Å². The lowest BCUT2D eigenvalue weighted by molar-refractivity contribution is -0.0834. The number of hydroxylamine groups is 1. The zero-order valence-electron chi connectivity index (χ0n) is 21.8. The molecule has 2 aromatic carbocycles. The summed E-state index contributed by atoms with van der Waals surface area (Å²) < 4.78 is 16.9. The first-order valence-electron chi connectivity index (χ1n) is 12.8. The molecule has 1 fully saturated rings. The van der Waals surface area contributed by atoms with Crippen LogP contribution in [0.1, 0.15) is 57.6 Å². The smallest absolute Gasteiger partial charge is 0.123 e. The molecule has 1 atom stereocenters. The number of rotatable bonds is 10. The highest BCUT2D eigenvalue weighted by atomic mass is 32.2. The van der Waals surface area contributed by atoms with Crippen LogP contribution >= 0.6 is 9.39 Å². The van der Waals surface area contributed by atoms with Crippen molar-refractivity contribution in [3.05, 3.63) is 99.9 Å². The zero-order valence-corrected chi connectivity index (χ0v) is 22.6. The molecule has 4 rings (SSSR count). The minimum atomic E-state index is -1.57. The molecule has 0 aromatic heterocycles. The lowest BCUT2D eigenvalue weighted by Crippen LogP contribution is -2.39. The van der Waals surface area contributed by atoms with Crippen molar-refractivity contribution in [1.82, 2.24) is 10.2 Å². The highest BCUT2D eigenvalue weighted by Crippen LogP contribution is 2.47. The monoisotopic (exact) mass is 506 g/mol. The second-order valence-electron chi connectivity index (χ2n) is 10.2. The van der Waals surface area contributed by atoms with Crippen LogP contribution in [-0.2, 0) is 17.8 Å². The number of hydrogen-bond donors (Lipinski definition) is 2. The van der Waals surface area contributed by atoms with Crippen LogP contribution < -0.4 is 10.2 Å². The lowest BCUT2D eigenvalue weighted by Gasteiger charge is -2.36. The van der Waals surface area contributed by atoms with Crippen LogP contribution in [0.3, 0.4) is 0 Å². The Kier molecular flexibility index (Phi) is 8.36. The summed E-state index contributed by atoms with van der Waals surface area (Å²) in [5.41, 5.74) is 10.5. The molecule has 0 bridgehead atoms. The number of halogens is 1. The van der Waals surface area contributed by atoms with Crippen molar-refractivity contribution >= 4 is 21.1 Å². The number of fused-ring (bicyclic) bond motifs is 1. The standard InChI is InChI=1S/C31H39FN2OS/c1-6-34-36(4,5)30-12-8-7-10-25(30)22-33-35-31-17-9-11-28(31)20-26(27(21-31)18-23(2)3)19-24-13-15-29(32)16-14-24/h7-8,10,12-16,18,20,33-34H,4-6,9,11,17,19,21-22H2,1-3H3. The van der Waals surface area contributed by atoms with E-state index >= 15 is 0 Å². The largest absolute Gasteiger partial charge is 0.290 e. The van der Waals surface area contributed by atoms with E-state index in [-0.39, 0.29) is 11.4 Å². The highest BCUT2D eigenvalue weighted by Gasteiger charge is 2.43. The van der Waals surface area contributed by atoms with E-state index in [1.54, 1.807) is 12.1 Å². The van der Waals surface area contributed by atoms with E-state index in [0.717, 1.165) is 54.7 Å². The van der Waals surface area contributed by atoms with Crippen LogP contribution in [0.15, 0.2) is 87.9 Å². The number of benzene rings is 2. The van der Waals surface area contributed by atoms with E-state index in [1.165, 1.54) is 22.3 Å². The summed E-state index contributed by atoms with van der Waals surface area (Å²) in [5, 5.41) is 0. The van der Waals surface area contributed by atoms with Crippen molar-refractivity contribution < 1.29 is 9.23 Å². The average Bonchev–Trinajstić information content (AvgIpc) is 3.23. The number of hydrogen-bond acceptors (Lipinski definition) is 3. The minimum absolute atomic E-state index is 0.197. The van der Waals surface area contributed by atoms with Gasteiger partial charge in [-0.3, -0.25) is 9.56 Å². The van der Waals surface area contributed by atoms with Crippen LogP contribution in [0, 0.1) is 5.82 Å². The Balaban J connectivity index is 1.55. The van der Waals surface area contributed by atoms with Gasteiger partial charge < -0.3 is 0 Å². The van der Waals surface area contributed by atoms with Crippen LogP contribution in [0.5, 0.6) is 0 Å². The molecule has 2 aromatic rings. The highest BCUT2D eigenvalue weighted by molar-refractivity contribution is 8.26. The van der Waals surface area contributed by atoms with Gasteiger partial charge in [0.05, 0.1) is 0 Å². The molecule has 2 N–H and O–H groups in total. The summed E-state index contributed by atoms with van der Waals surface area (Å²) in [7, 11) is -1.57. The predicted molar refractivity (Wildman–Crippen MR) is 154 cm³/mol. The molecule has 36 heavy (non-hydrogen) atoms. The van der Waals surface area contributed by atoms with Gasteiger partial charge in [0.1, 0.15) is 11.4 Å². The van der Waals surface area contributed by atoms with Crippen molar-refractivity contribution in [2.24, 2.45) is 0 Å². The molecule has 1 unspecified atom stereocenters. The Hall–Kier alpha value is -2.44. The molecule has 1 saturated carbocycles. The SMILES string of the molecule is C=S(=C)(NCC)c1ccccc1CNOC12CCCC1=CC(Cc1ccc(F)cc1)=C(C=C(C)C)C2. The number of allylic oxidation sites excluding steroid dienone is 4. The van der Waals surface area contributed by atoms with Crippen LogP contribution in [0.25, 0.3) is 0 Å². The Morgan fingerprint density at radius 2 is 1.89 bits per heavy atom. The maximum absolute atomic E-state index is 13.4. The normalized spacial score (nSPS) is 19.7. The fourth-order valence-corrected chi connectivity index (χ4v) is 7.04. The van der Waals surface area contributed by atoms with Crippen molar-refractivity contribution in [2.75, 3.05) is 6.54 Å². The van der Waals surface area contributed by atoms with Gasteiger partial charge in [-0.15, -0.1) is 9.39 Å². The molecular weight excluding hydrogens is 467 g/mol. The van der Waals surface area contributed by atoms with Crippen molar-refractivity contribution in [3.63, 3.8) is 0 Å². The lowest BCUT2D eigenvalue weighted by atomic mass is 9.79. The van der Waals surface area contributed by atoms with Crippen molar-refractivity contribution in [2.45, 2.75) is 69.9 Å². The third kappa shape index (κ3) is 6.09. The van der Waals surface area contributed by atoms with E-state index in [4.69, 9.17) is 4.84 Å². The molecule has 3 nitrogen and oxygen atoms in total. The fraction of sp³-hybridized carbons (Fsp3) is 0.355. The van der Waals surface area contributed by atoms with Gasteiger partial charge in [-0.2, -0.15) is 5.48 Å². The first-order chi connectivity index (χ1) is 17.2. The average molecular weight is 507 g/mol. The third-order valence-electron chi connectivity index (χ3n) is 6.96. The molecule has 0 amide bonds. The van der Waals surface area contributed by atoms with E-state index in [9.17, 15) is 4.39 Å². The van der Waals surface area contributed by atoms with Crippen LogP contribution in [0.2, 0.25) is 0 Å². The third-order valence-corrected chi connectivity index (χ3v) is 9.05. The summed E-state index contributed by atoms with van der Waals surface area (Å²) in [6.45, 7) is 7.78. The Labute approximate surface area is 216 Å². The predicted octanol–water partition coefficient (Wildman–Crippen LogP) is 7.16. The minimum Gasteiger partial charge on any atom is -0.290 e. The number of nitrogens with one attached hydrogen (secondary N) is 2. The van der Waals surface area contributed by atoms with Gasteiger partial charge in [0.2, 0.25) is 0 Å². The molecule has 5 heteroatoms. The van der Waals surface area contributed by atoms with E-state index in [1.807, 2.05) is 18.2 Å². The molecule has 0 aliphatic heterocycles. The molecule has 0 saturated heterocycles. The van der Waals surface area contributed by atoms with Crippen LogP contribution in [0.4, 0.5) is 4.39 Å². The first kappa shape index (κ1) is 26.6. The molecule has 0 radical (unpaired) electrons. The van der Waals surface area contributed by atoms with E-state index in [2.05, 4.69) is 73.1 Å². The second-order valence-corrected chi connectivity index (χ2v) is 12.7. The Morgan fingerprint density at radius 1 is 1.14 bits per heavy atom. The first-order valence-corrected chi connectivity index (χ1v) is 14.7. The summed E-state index contributed by atoms with van der Waals surface area (Å²) in [5.74, 6) is 8.55. The molecular formula is C31H39FN2OS. The van der Waals surface area contributed by atoms with Gasteiger partial charge in [-0.05, 0) is 85.6 Å². The molecule has 192 valence electrons. The van der Waals surface area contributed by atoms with Gasteiger partial charge in [0, 0.05) is 24.4 Å². The topological polar surface area (TPSA) is 33.3 Å². The maximum atomic E-state index is 13.4.